The number of tetrazole rings is 1. The van der Waals surface area contributed by atoms with Gasteiger partial charge in [-0.05, 0) is 98.3 Å². The molecule has 32 heavy (non-hydrogen) atoms. The van der Waals surface area contributed by atoms with Crippen LogP contribution in [0.5, 0.6) is 0 Å². The van der Waals surface area contributed by atoms with Crippen molar-refractivity contribution < 1.29 is 9.90 Å². The molecule has 5 rings (SSSR count). The standard InChI is InChI=1S/C25H40N4O3/c1-24(32)13-4-3-7-19-17(6-5-14-24)12-15-25(2)20(19)10-11-21(25)22(30)16-28-23(31)29(27-26-28)18-8-9-18/h17-21,32H,3-16H2,1-2H3/t17-,19+,20?,21+,24-,25-/m0/s1. The predicted molar refractivity (Wildman–Crippen MR) is 121 cm³/mol. The van der Waals surface area contributed by atoms with E-state index < -0.39 is 5.60 Å². The van der Waals surface area contributed by atoms with E-state index in [9.17, 15) is 14.7 Å². The molecule has 0 radical (unpaired) electrons. The number of nitrogens with zero attached hydrogens (tertiary/aromatic N) is 4. The maximum absolute atomic E-state index is 13.4. The van der Waals surface area contributed by atoms with Gasteiger partial charge in [0.25, 0.3) is 0 Å². The second-order valence-electron chi connectivity index (χ2n) is 11.9. The van der Waals surface area contributed by atoms with E-state index in [0.29, 0.717) is 11.8 Å². The van der Waals surface area contributed by atoms with Gasteiger partial charge in [0.2, 0.25) is 0 Å². The summed E-state index contributed by atoms with van der Waals surface area (Å²) in [5.41, 5.74) is -0.683. The highest BCUT2D eigenvalue weighted by molar-refractivity contribution is 5.82. The Morgan fingerprint density at radius 2 is 1.75 bits per heavy atom. The molecule has 4 fully saturated rings. The average Bonchev–Trinajstić information content (AvgIpc) is 3.43. The fourth-order valence-corrected chi connectivity index (χ4v) is 7.64. The van der Waals surface area contributed by atoms with Gasteiger partial charge in [-0.1, -0.05) is 32.6 Å². The fourth-order valence-electron chi connectivity index (χ4n) is 7.64. The van der Waals surface area contributed by atoms with Crippen LogP contribution < -0.4 is 5.69 Å². The summed E-state index contributed by atoms with van der Waals surface area (Å²) >= 11 is 0. The molecule has 7 nitrogen and oxygen atoms in total. The molecule has 1 aromatic rings. The minimum Gasteiger partial charge on any atom is -0.390 e. The zero-order valence-electron chi connectivity index (χ0n) is 19.8. The Kier molecular flexibility index (Phi) is 5.83. The Labute approximate surface area is 190 Å². The van der Waals surface area contributed by atoms with Gasteiger partial charge in [0.15, 0.2) is 5.78 Å². The molecule has 1 heterocycles. The molecule has 6 atom stereocenters. The third-order valence-corrected chi connectivity index (χ3v) is 9.63. The molecule has 4 aliphatic carbocycles. The molecule has 0 aromatic carbocycles. The molecular formula is C25H40N4O3. The van der Waals surface area contributed by atoms with Gasteiger partial charge in [0.05, 0.1) is 11.6 Å². The van der Waals surface area contributed by atoms with Crippen LogP contribution in [0.25, 0.3) is 0 Å². The van der Waals surface area contributed by atoms with Crippen molar-refractivity contribution >= 4 is 5.78 Å². The lowest BCUT2D eigenvalue weighted by Crippen LogP contribution is -2.44. The number of aliphatic hydroxyl groups is 1. The maximum Gasteiger partial charge on any atom is 0.364 e. The van der Waals surface area contributed by atoms with Crippen LogP contribution in [0.3, 0.4) is 0 Å². The molecule has 1 aromatic heterocycles. The van der Waals surface area contributed by atoms with Crippen LogP contribution in [-0.4, -0.2) is 36.3 Å². The van der Waals surface area contributed by atoms with Crippen LogP contribution in [0.1, 0.15) is 103 Å². The molecule has 178 valence electrons. The highest BCUT2D eigenvalue weighted by Gasteiger charge is 2.55. The predicted octanol–water partition coefficient (Wildman–Crippen LogP) is 3.90. The summed E-state index contributed by atoms with van der Waals surface area (Å²) in [5.74, 6) is 2.25. The molecule has 0 saturated heterocycles. The summed E-state index contributed by atoms with van der Waals surface area (Å²) in [6, 6.07) is 0.186. The first-order chi connectivity index (χ1) is 15.3. The SMILES string of the molecule is C[C@]1(O)CCCC[C@H]2C3CC[C@H](C(=O)Cn4nnn(C5CC5)c4=O)[C@@]3(C)CC[C@@H]2CCC1. The Morgan fingerprint density at radius 1 is 0.969 bits per heavy atom. The zero-order chi connectivity index (χ0) is 22.5. The minimum absolute atomic E-state index is 0.0302. The topological polar surface area (TPSA) is 90.0 Å². The lowest BCUT2D eigenvalue weighted by atomic mass is 9.55. The summed E-state index contributed by atoms with van der Waals surface area (Å²) in [4.78, 5) is 26.0. The number of ketones is 1. The number of fused-ring (bicyclic) bond motifs is 3. The van der Waals surface area contributed by atoms with Gasteiger partial charge in [0, 0.05) is 5.92 Å². The van der Waals surface area contributed by atoms with Gasteiger partial charge in [0.1, 0.15) is 6.54 Å². The summed E-state index contributed by atoms with van der Waals surface area (Å²) < 4.78 is 2.74. The molecule has 4 aliphatic rings. The van der Waals surface area contributed by atoms with Gasteiger partial charge in [-0.2, -0.15) is 9.36 Å². The van der Waals surface area contributed by atoms with Gasteiger partial charge in [-0.25, -0.2) is 4.79 Å². The number of hydrogen-bond donors (Lipinski definition) is 1. The molecule has 1 N–H and O–H groups in total. The van der Waals surface area contributed by atoms with E-state index in [2.05, 4.69) is 17.4 Å². The van der Waals surface area contributed by atoms with E-state index in [1.807, 2.05) is 6.92 Å². The molecular weight excluding hydrogens is 404 g/mol. The summed E-state index contributed by atoms with van der Waals surface area (Å²) in [6.45, 7) is 4.43. The van der Waals surface area contributed by atoms with Crippen molar-refractivity contribution in [1.82, 2.24) is 19.8 Å². The van der Waals surface area contributed by atoms with E-state index in [4.69, 9.17) is 0 Å². The Morgan fingerprint density at radius 3 is 2.53 bits per heavy atom. The molecule has 4 saturated carbocycles. The number of carbonyl (C=O) groups excluding carboxylic acids is 1. The van der Waals surface area contributed by atoms with Crippen molar-refractivity contribution in [3.63, 3.8) is 0 Å². The third-order valence-electron chi connectivity index (χ3n) is 9.63. The Hall–Kier alpha value is -1.50. The van der Waals surface area contributed by atoms with Gasteiger partial charge >= 0.3 is 5.69 Å². The van der Waals surface area contributed by atoms with Crippen LogP contribution in [0.4, 0.5) is 0 Å². The molecule has 0 spiro atoms. The molecule has 1 unspecified atom stereocenters. The Balaban J connectivity index is 1.29. The van der Waals surface area contributed by atoms with Crippen LogP contribution in [0.15, 0.2) is 4.79 Å². The number of rotatable bonds is 4. The monoisotopic (exact) mass is 444 g/mol. The lowest BCUT2D eigenvalue weighted by molar-refractivity contribution is -0.129. The van der Waals surface area contributed by atoms with Crippen LogP contribution >= 0.6 is 0 Å². The van der Waals surface area contributed by atoms with Gasteiger partial charge in [-0.3, -0.25) is 4.79 Å². The first-order valence-electron chi connectivity index (χ1n) is 13.1. The van der Waals surface area contributed by atoms with E-state index in [1.165, 1.54) is 35.0 Å². The number of hydrogen-bond acceptors (Lipinski definition) is 5. The lowest BCUT2D eigenvalue weighted by Gasteiger charge is -2.49. The summed E-state index contributed by atoms with van der Waals surface area (Å²) in [6.07, 6.45) is 14.0. The number of carbonyl (C=O) groups is 1. The summed E-state index contributed by atoms with van der Waals surface area (Å²) in [7, 11) is 0. The van der Waals surface area contributed by atoms with E-state index in [1.54, 1.807) is 0 Å². The van der Waals surface area contributed by atoms with Crippen molar-refractivity contribution in [3.05, 3.63) is 10.5 Å². The second-order valence-corrected chi connectivity index (χ2v) is 11.9. The molecule has 7 heteroatoms. The van der Waals surface area contributed by atoms with Crippen LogP contribution in [0.2, 0.25) is 0 Å². The third kappa shape index (κ3) is 4.10. The Bertz CT molecular complexity index is 901. The number of aromatic nitrogens is 4. The zero-order valence-corrected chi connectivity index (χ0v) is 19.8. The van der Waals surface area contributed by atoms with Gasteiger partial charge < -0.3 is 5.11 Å². The van der Waals surface area contributed by atoms with Crippen molar-refractivity contribution in [2.75, 3.05) is 0 Å². The van der Waals surface area contributed by atoms with E-state index >= 15 is 0 Å². The quantitative estimate of drug-likeness (QED) is 0.761. The smallest absolute Gasteiger partial charge is 0.364 e. The van der Waals surface area contributed by atoms with Crippen molar-refractivity contribution in [3.8, 4) is 0 Å². The first kappa shape index (κ1) is 22.3. The summed E-state index contributed by atoms with van der Waals surface area (Å²) in [5, 5.41) is 18.6. The fraction of sp³-hybridized carbons (Fsp3) is 0.920. The highest BCUT2D eigenvalue weighted by Crippen LogP contribution is 2.61. The van der Waals surface area contributed by atoms with Crippen molar-refractivity contribution in [2.45, 2.75) is 116 Å². The molecule has 0 bridgehead atoms. The van der Waals surface area contributed by atoms with Crippen LogP contribution in [0, 0.1) is 29.1 Å². The van der Waals surface area contributed by atoms with Crippen LogP contribution in [-0.2, 0) is 11.3 Å². The number of Topliss-reactive ketones (excluding diaryl/α,β-unsaturated/α-hetero) is 1. The molecule has 0 aliphatic heterocycles. The highest BCUT2D eigenvalue weighted by atomic mass is 16.3. The normalized spacial score (nSPS) is 40.5. The minimum atomic E-state index is -0.500. The maximum atomic E-state index is 13.4. The van der Waals surface area contributed by atoms with Crippen molar-refractivity contribution in [1.29, 1.82) is 0 Å². The van der Waals surface area contributed by atoms with Gasteiger partial charge in [-0.15, -0.1) is 0 Å². The van der Waals surface area contributed by atoms with Crippen molar-refractivity contribution in [2.24, 2.45) is 29.1 Å². The largest absolute Gasteiger partial charge is 0.390 e. The first-order valence-corrected chi connectivity index (χ1v) is 13.1. The van der Waals surface area contributed by atoms with E-state index in [-0.39, 0.29) is 35.4 Å². The average molecular weight is 445 g/mol. The van der Waals surface area contributed by atoms with E-state index in [0.717, 1.165) is 63.7 Å². The second kappa shape index (κ2) is 8.37. The molecule has 0 amide bonds.